The van der Waals surface area contributed by atoms with E-state index in [-0.39, 0.29) is 18.2 Å². The van der Waals surface area contributed by atoms with Gasteiger partial charge in [-0.05, 0) is 29.8 Å². The number of fused-ring (bicyclic) bond motifs is 2. The van der Waals surface area contributed by atoms with Gasteiger partial charge < -0.3 is 0 Å². The standard InChI is InChI=1S/C26H5F13/c27-7-1-2-8(9(28)5-7)13-16-14(19(32)23(36)25(38)21(16)34)12(6-3-10(29)18(31)11(30)4-6)15-17(13)22(35)26(39)24(37)20(15)33/h1-5H. The van der Waals surface area contributed by atoms with Gasteiger partial charge in [0.25, 0.3) is 0 Å². The van der Waals surface area contributed by atoms with Crippen LogP contribution < -0.4 is 0 Å². The molecule has 0 bridgehead atoms. The van der Waals surface area contributed by atoms with Crippen molar-refractivity contribution < 1.29 is 57.1 Å². The molecule has 0 nitrogen and oxygen atoms in total. The monoisotopic (exact) mass is 564 g/mol. The number of halogens is 13. The Morgan fingerprint density at radius 3 is 1.10 bits per heavy atom. The Bertz CT molecular complexity index is 1790. The molecule has 0 aliphatic rings. The fourth-order valence-electron chi connectivity index (χ4n) is 4.40. The third kappa shape index (κ3) is 3.62. The maximum atomic E-state index is 15.3. The van der Waals surface area contributed by atoms with Crippen molar-refractivity contribution in [2.24, 2.45) is 0 Å². The van der Waals surface area contributed by atoms with Crippen LogP contribution in [0.5, 0.6) is 0 Å². The van der Waals surface area contributed by atoms with Crippen LogP contribution in [0.1, 0.15) is 0 Å². The van der Waals surface area contributed by atoms with Gasteiger partial charge in [-0.25, -0.2) is 57.1 Å². The van der Waals surface area contributed by atoms with Gasteiger partial charge in [-0.3, -0.25) is 0 Å². The van der Waals surface area contributed by atoms with Crippen LogP contribution in [0.4, 0.5) is 57.1 Å². The molecule has 39 heavy (non-hydrogen) atoms. The zero-order chi connectivity index (χ0) is 28.7. The van der Waals surface area contributed by atoms with E-state index in [1.165, 1.54) is 0 Å². The van der Waals surface area contributed by atoms with E-state index in [2.05, 4.69) is 0 Å². The molecule has 200 valence electrons. The first-order valence-electron chi connectivity index (χ1n) is 10.3. The summed E-state index contributed by atoms with van der Waals surface area (Å²) in [6, 6.07) is 1.04. The minimum absolute atomic E-state index is 0.0159. The molecule has 0 amide bonds. The summed E-state index contributed by atoms with van der Waals surface area (Å²) < 4.78 is 189. The lowest BCUT2D eigenvalue weighted by Crippen LogP contribution is -2.07. The second-order valence-corrected chi connectivity index (χ2v) is 8.14. The van der Waals surface area contributed by atoms with Crippen LogP contribution >= 0.6 is 0 Å². The third-order valence-corrected chi connectivity index (χ3v) is 6.01. The molecule has 0 N–H and O–H groups in total. The van der Waals surface area contributed by atoms with Gasteiger partial charge in [-0.1, -0.05) is 0 Å². The van der Waals surface area contributed by atoms with E-state index < -0.39 is 119 Å². The summed E-state index contributed by atoms with van der Waals surface area (Å²) in [6.07, 6.45) is 0. The van der Waals surface area contributed by atoms with Crippen molar-refractivity contribution in [3.05, 3.63) is 106 Å². The largest absolute Gasteiger partial charge is 0.207 e. The highest BCUT2D eigenvalue weighted by Gasteiger charge is 2.34. The average molecular weight is 564 g/mol. The van der Waals surface area contributed by atoms with Gasteiger partial charge >= 0.3 is 0 Å². The van der Waals surface area contributed by atoms with Crippen molar-refractivity contribution in [2.45, 2.75) is 0 Å². The maximum Gasteiger partial charge on any atom is 0.198 e. The fourth-order valence-corrected chi connectivity index (χ4v) is 4.40. The second kappa shape index (κ2) is 8.89. The summed E-state index contributed by atoms with van der Waals surface area (Å²) in [4.78, 5) is 0. The van der Waals surface area contributed by atoms with Gasteiger partial charge in [0.2, 0.25) is 0 Å². The quantitative estimate of drug-likeness (QED) is 0.0869. The molecule has 5 aromatic carbocycles. The minimum Gasteiger partial charge on any atom is -0.207 e. The predicted octanol–water partition coefficient (Wildman–Crippen LogP) is 9.14. The van der Waals surface area contributed by atoms with Crippen molar-refractivity contribution in [2.75, 3.05) is 0 Å². The van der Waals surface area contributed by atoms with Crippen LogP contribution in [0.2, 0.25) is 0 Å². The van der Waals surface area contributed by atoms with Crippen molar-refractivity contribution in [3.63, 3.8) is 0 Å². The van der Waals surface area contributed by atoms with Gasteiger partial charge in [-0.2, -0.15) is 0 Å². The first-order valence-corrected chi connectivity index (χ1v) is 10.3. The summed E-state index contributed by atoms with van der Waals surface area (Å²) in [5.74, 6) is -29.2. The van der Waals surface area contributed by atoms with Crippen LogP contribution in [0.3, 0.4) is 0 Å². The zero-order valence-corrected chi connectivity index (χ0v) is 18.3. The maximum absolute atomic E-state index is 15.3. The molecule has 5 aromatic rings. The molecule has 5 rings (SSSR count). The topological polar surface area (TPSA) is 0 Å². The first-order chi connectivity index (χ1) is 18.3. The average Bonchev–Trinajstić information content (AvgIpc) is 2.89. The normalized spacial score (nSPS) is 11.7. The lowest BCUT2D eigenvalue weighted by atomic mass is 9.84. The van der Waals surface area contributed by atoms with E-state index in [9.17, 15) is 39.5 Å². The SMILES string of the molecule is Fc1ccc(-c2c3c(F)c(F)c(F)c(F)c3c(-c3cc(F)c(F)c(F)c3)c3c(F)c(F)c(F)c(F)c23)c(F)c1. The van der Waals surface area contributed by atoms with Gasteiger partial charge in [0.05, 0.1) is 0 Å². The molecule has 0 atom stereocenters. The van der Waals surface area contributed by atoms with Gasteiger partial charge in [0.1, 0.15) is 11.6 Å². The smallest absolute Gasteiger partial charge is 0.198 e. The molecule has 0 heterocycles. The van der Waals surface area contributed by atoms with Crippen molar-refractivity contribution in [1.29, 1.82) is 0 Å². The predicted molar refractivity (Wildman–Crippen MR) is 112 cm³/mol. The lowest BCUT2D eigenvalue weighted by Gasteiger charge is -2.21. The van der Waals surface area contributed by atoms with Crippen LogP contribution in [0.15, 0.2) is 30.3 Å². The van der Waals surface area contributed by atoms with Gasteiger partial charge in [0, 0.05) is 44.3 Å². The van der Waals surface area contributed by atoms with Gasteiger partial charge in [0.15, 0.2) is 64.0 Å². The number of benzene rings is 5. The number of rotatable bonds is 2. The van der Waals surface area contributed by atoms with Crippen LogP contribution in [-0.2, 0) is 0 Å². The highest BCUT2D eigenvalue weighted by molar-refractivity contribution is 6.22. The Morgan fingerprint density at radius 1 is 0.333 bits per heavy atom. The summed E-state index contributed by atoms with van der Waals surface area (Å²) in [6.45, 7) is 0. The Labute approximate surface area is 207 Å². The van der Waals surface area contributed by atoms with E-state index >= 15 is 17.6 Å². The molecule has 0 saturated heterocycles. The van der Waals surface area contributed by atoms with E-state index in [0.29, 0.717) is 12.1 Å². The minimum atomic E-state index is -2.60. The van der Waals surface area contributed by atoms with E-state index in [1.54, 1.807) is 0 Å². The molecule has 13 heteroatoms. The second-order valence-electron chi connectivity index (χ2n) is 8.14. The van der Waals surface area contributed by atoms with Crippen LogP contribution in [0.25, 0.3) is 43.8 Å². The number of hydrogen-bond acceptors (Lipinski definition) is 0. The molecular formula is C26H5F13. The molecule has 0 saturated carbocycles. The third-order valence-electron chi connectivity index (χ3n) is 6.01. The molecule has 0 aliphatic heterocycles. The Kier molecular flexibility index (Phi) is 6.00. The number of hydrogen-bond donors (Lipinski definition) is 0. The zero-order valence-electron chi connectivity index (χ0n) is 18.3. The highest BCUT2D eigenvalue weighted by Crippen LogP contribution is 2.49. The van der Waals surface area contributed by atoms with Crippen molar-refractivity contribution >= 4 is 21.5 Å². The Balaban J connectivity index is 2.25. The molecule has 0 radical (unpaired) electrons. The van der Waals surface area contributed by atoms with E-state index in [0.717, 1.165) is 0 Å². The summed E-state index contributed by atoms with van der Waals surface area (Å²) in [5, 5.41) is -6.55. The Hall–Kier alpha value is -4.29. The van der Waals surface area contributed by atoms with Crippen molar-refractivity contribution in [1.82, 2.24) is 0 Å². The highest BCUT2D eigenvalue weighted by atomic mass is 19.2. The molecule has 0 unspecified atom stereocenters. The van der Waals surface area contributed by atoms with E-state index in [1.807, 2.05) is 0 Å². The molecule has 0 spiro atoms. The lowest BCUT2D eigenvalue weighted by molar-refractivity contribution is 0.416. The molecule has 0 aliphatic carbocycles. The molecule has 0 fully saturated rings. The van der Waals surface area contributed by atoms with Crippen LogP contribution in [-0.4, -0.2) is 0 Å². The Morgan fingerprint density at radius 2 is 0.718 bits per heavy atom. The first kappa shape index (κ1) is 26.3. The molecule has 0 aromatic heterocycles. The van der Waals surface area contributed by atoms with Crippen LogP contribution in [0, 0.1) is 75.6 Å². The summed E-state index contributed by atoms with van der Waals surface area (Å²) >= 11 is 0. The summed E-state index contributed by atoms with van der Waals surface area (Å²) in [5.41, 5.74) is -5.26. The summed E-state index contributed by atoms with van der Waals surface area (Å²) in [7, 11) is 0. The molecular weight excluding hydrogens is 559 g/mol. The van der Waals surface area contributed by atoms with Crippen molar-refractivity contribution in [3.8, 4) is 22.3 Å². The van der Waals surface area contributed by atoms with Gasteiger partial charge in [-0.15, -0.1) is 0 Å². The van der Waals surface area contributed by atoms with E-state index in [4.69, 9.17) is 0 Å². The fraction of sp³-hybridized carbons (Fsp3) is 0.